The molecule has 0 fully saturated rings. The molecule has 2 aromatic rings. The molecule has 0 aromatic heterocycles. The van der Waals surface area contributed by atoms with E-state index in [0.717, 1.165) is 10.0 Å². The molecule has 2 aromatic carbocycles. The summed E-state index contributed by atoms with van der Waals surface area (Å²) in [6.07, 6.45) is 1.69. The largest absolute Gasteiger partial charge is 0.493 e. The summed E-state index contributed by atoms with van der Waals surface area (Å²) < 4.78 is 16.9. The van der Waals surface area contributed by atoms with Crippen molar-refractivity contribution >= 4 is 27.8 Å². The Bertz CT molecular complexity index is 780. The van der Waals surface area contributed by atoms with E-state index in [4.69, 9.17) is 14.2 Å². The summed E-state index contributed by atoms with van der Waals surface area (Å²) in [6.45, 7) is 0. The van der Waals surface area contributed by atoms with Gasteiger partial charge in [0.05, 0.1) is 19.8 Å². The number of carbonyl (C=O) groups is 1. The Kier molecular flexibility index (Phi) is 3.90. The Morgan fingerprint density at radius 3 is 2.55 bits per heavy atom. The van der Waals surface area contributed by atoms with E-state index in [9.17, 15) is 4.79 Å². The van der Waals surface area contributed by atoms with E-state index in [0.29, 0.717) is 28.6 Å². The monoisotopic (exact) mass is 360 g/mol. The Hall–Kier alpha value is -2.27. The predicted molar refractivity (Wildman–Crippen MR) is 86.6 cm³/mol. The maximum atomic E-state index is 12.4. The van der Waals surface area contributed by atoms with E-state index in [-0.39, 0.29) is 5.78 Å². The molecule has 4 nitrogen and oxygen atoms in total. The molecule has 0 amide bonds. The molecule has 0 radical (unpaired) electrons. The van der Waals surface area contributed by atoms with E-state index in [1.807, 2.05) is 12.1 Å². The first kappa shape index (κ1) is 14.7. The van der Waals surface area contributed by atoms with Crippen LogP contribution in [-0.4, -0.2) is 20.0 Å². The number of hydrogen-bond acceptors (Lipinski definition) is 4. The van der Waals surface area contributed by atoms with Gasteiger partial charge in [-0.15, -0.1) is 0 Å². The number of hydrogen-bond donors (Lipinski definition) is 0. The number of halogens is 1. The van der Waals surface area contributed by atoms with Crippen molar-refractivity contribution in [3.63, 3.8) is 0 Å². The minimum absolute atomic E-state index is 0.133. The molecule has 22 heavy (non-hydrogen) atoms. The molecule has 0 aliphatic carbocycles. The summed E-state index contributed by atoms with van der Waals surface area (Å²) in [5, 5.41) is 0. The van der Waals surface area contributed by atoms with Gasteiger partial charge >= 0.3 is 0 Å². The molecule has 0 spiro atoms. The van der Waals surface area contributed by atoms with Crippen LogP contribution in [0.2, 0.25) is 0 Å². The molecule has 5 heteroatoms. The van der Waals surface area contributed by atoms with Gasteiger partial charge in [0.25, 0.3) is 0 Å². The van der Waals surface area contributed by atoms with Gasteiger partial charge in [-0.05, 0) is 42.0 Å². The summed E-state index contributed by atoms with van der Waals surface area (Å²) >= 11 is 3.36. The van der Waals surface area contributed by atoms with Crippen molar-refractivity contribution < 1.29 is 19.0 Å². The van der Waals surface area contributed by atoms with Crippen molar-refractivity contribution in [3.05, 3.63) is 57.8 Å². The van der Waals surface area contributed by atoms with E-state index in [1.54, 1.807) is 44.6 Å². The molecule has 0 saturated carbocycles. The summed E-state index contributed by atoms with van der Waals surface area (Å²) in [4.78, 5) is 12.4. The first-order valence-electron chi connectivity index (χ1n) is 6.58. The highest BCUT2D eigenvalue weighted by molar-refractivity contribution is 9.10. The number of Topliss-reactive ketones (excluding diaryl/α,β-unsaturated/α-hetero) is 1. The Balaban J connectivity index is 1.96. The molecular weight excluding hydrogens is 348 g/mol. The van der Waals surface area contributed by atoms with Gasteiger partial charge in [-0.1, -0.05) is 22.0 Å². The van der Waals surface area contributed by atoms with Gasteiger partial charge in [0.2, 0.25) is 5.78 Å². The molecule has 1 heterocycles. The second-order valence-electron chi connectivity index (χ2n) is 4.69. The first-order chi connectivity index (χ1) is 10.6. The van der Waals surface area contributed by atoms with Gasteiger partial charge in [-0.2, -0.15) is 0 Å². The maximum Gasteiger partial charge on any atom is 0.232 e. The first-order valence-corrected chi connectivity index (χ1v) is 7.37. The summed E-state index contributed by atoms with van der Waals surface area (Å²) in [5.41, 5.74) is 1.36. The van der Waals surface area contributed by atoms with Crippen molar-refractivity contribution in [2.45, 2.75) is 0 Å². The number of allylic oxidation sites excluding steroid dienone is 1. The van der Waals surface area contributed by atoms with Gasteiger partial charge in [-0.3, -0.25) is 4.79 Å². The molecule has 0 unspecified atom stereocenters. The van der Waals surface area contributed by atoms with Crippen molar-refractivity contribution in [2.75, 3.05) is 14.2 Å². The van der Waals surface area contributed by atoms with Gasteiger partial charge in [0, 0.05) is 4.47 Å². The second-order valence-corrected chi connectivity index (χ2v) is 5.61. The average molecular weight is 361 g/mol. The third-order valence-electron chi connectivity index (χ3n) is 3.34. The number of benzene rings is 2. The maximum absolute atomic E-state index is 12.4. The normalized spacial score (nSPS) is 14.7. The zero-order valence-corrected chi connectivity index (χ0v) is 13.6. The van der Waals surface area contributed by atoms with Gasteiger partial charge in [0.15, 0.2) is 17.3 Å². The molecule has 112 valence electrons. The minimum Gasteiger partial charge on any atom is -0.493 e. The molecule has 1 aliphatic heterocycles. The van der Waals surface area contributed by atoms with Gasteiger partial charge in [-0.25, -0.2) is 0 Å². The number of methoxy groups -OCH3 is 2. The van der Waals surface area contributed by atoms with Crippen LogP contribution in [0.25, 0.3) is 6.08 Å². The molecule has 0 atom stereocenters. The number of carbonyl (C=O) groups excluding carboxylic acids is 1. The van der Waals surface area contributed by atoms with Gasteiger partial charge < -0.3 is 14.2 Å². The Labute approximate surface area is 136 Å². The van der Waals surface area contributed by atoms with Crippen molar-refractivity contribution in [3.8, 4) is 17.2 Å². The molecule has 0 bridgehead atoms. The highest BCUT2D eigenvalue weighted by Gasteiger charge is 2.27. The zero-order valence-electron chi connectivity index (χ0n) is 12.1. The standard InChI is InChI=1S/C17H13BrO4/c1-20-14-5-3-10(7-15(14)21-2)8-16-17(19)12-9-11(18)4-6-13(12)22-16/h3-9H,1-2H3/b16-8-. The van der Waals surface area contributed by atoms with E-state index >= 15 is 0 Å². The van der Waals surface area contributed by atoms with Crippen LogP contribution in [-0.2, 0) is 0 Å². The summed E-state index contributed by atoms with van der Waals surface area (Å²) in [5.74, 6) is 1.96. The lowest BCUT2D eigenvalue weighted by Crippen LogP contribution is -1.98. The molecule has 0 saturated heterocycles. The minimum atomic E-state index is -0.133. The quantitative estimate of drug-likeness (QED) is 0.773. The number of fused-ring (bicyclic) bond motifs is 1. The lowest BCUT2D eigenvalue weighted by Gasteiger charge is -2.08. The lowest BCUT2D eigenvalue weighted by molar-refractivity contribution is 0.101. The van der Waals surface area contributed by atoms with Crippen LogP contribution in [0.15, 0.2) is 46.6 Å². The SMILES string of the molecule is COc1ccc(/C=C2\Oc3ccc(Br)cc3C2=O)cc1OC. The van der Waals surface area contributed by atoms with Crippen LogP contribution < -0.4 is 14.2 Å². The van der Waals surface area contributed by atoms with Gasteiger partial charge in [0.1, 0.15) is 5.75 Å². The van der Waals surface area contributed by atoms with Crippen LogP contribution in [0.4, 0.5) is 0 Å². The third kappa shape index (κ3) is 2.60. The van der Waals surface area contributed by atoms with E-state index in [1.165, 1.54) is 0 Å². The van der Waals surface area contributed by atoms with Crippen LogP contribution in [0, 0.1) is 0 Å². The molecule has 1 aliphatic rings. The number of ketones is 1. The molecular formula is C17H13BrO4. The Morgan fingerprint density at radius 2 is 1.82 bits per heavy atom. The molecule has 0 N–H and O–H groups in total. The fourth-order valence-electron chi connectivity index (χ4n) is 2.26. The topological polar surface area (TPSA) is 44.8 Å². The van der Waals surface area contributed by atoms with Crippen molar-refractivity contribution in [1.82, 2.24) is 0 Å². The second kappa shape index (κ2) is 5.85. The fourth-order valence-corrected chi connectivity index (χ4v) is 2.62. The van der Waals surface area contributed by atoms with E-state index in [2.05, 4.69) is 15.9 Å². The van der Waals surface area contributed by atoms with Crippen LogP contribution in [0.5, 0.6) is 17.2 Å². The van der Waals surface area contributed by atoms with E-state index < -0.39 is 0 Å². The van der Waals surface area contributed by atoms with Crippen molar-refractivity contribution in [1.29, 1.82) is 0 Å². The van der Waals surface area contributed by atoms with Crippen LogP contribution >= 0.6 is 15.9 Å². The number of ether oxygens (including phenoxy) is 3. The summed E-state index contributed by atoms with van der Waals surface area (Å²) in [7, 11) is 3.15. The Morgan fingerprint density at radius 1 is 1.05 bits per heavy atom. The average Bonchev–Trinajstić information content (AvgIpc) is 2.83. The fraction of sp³-hybridized carbons (Fsp3) is 0.118. The summed E-state index contributed by atoms with van der Waals surface area (Å²) in [6, 6.07) is 10.8. The third-order valence-corrected chi connectivity index (χ3v) is 3.83. The van der Waals surface area contributed by atoms with Crippen molar-refractivity contribution in [2.24, 2.45) is 0 Å². The smallest absolute Gasteiger partial charge is 0.232 e. The van der Waals surface area contributed by atoms with Crippen LogP contribution in [0.3, 0.4) is 0 Å². The highest BCUT2D eigenvalue weighted by Crippen LogP contribution is 2.35. The predicted octanol–water partition coefficient (Wildman–Crippen LogP) is 4.08. The lowest BCUT2D eigenvalue weighted by atomic mass is 10.1. The molecule has 3 rings (SSSR count). The number of rotatable bonds is 3. The van der Waals surface area contributed by atoms with Crippen LogP contribution in [0.1, 0.15) is 15.9 Å². The zero-order chi connectivity index (χ0) is 15.7. The highest BCUT2D eigenvalue weighted by atomic mass is 79.9.